The van der Waals surface area contributed by atoms with Gasteiger partial charge in [0.1, 0.15) is 0 Å². The monoisotopic (exact) mass is 268 g/mol. The van der Waals surface area contributed by atoms with Crippen LogP contribution in [0.2, 0.25) is 0 Å². The van der Waals surface area contributed by atoms with Crippen LogP contribution in [0.3, 0.4) is 0 Å². The van der Waals surface area contributed by atoms with Crippen molar-refractivity contribution in [3.8, 4) is 0 Å². The molecule has 110 valence electrons. The lowest BCUT2D eigenvalue weighted by atomic mass is 9.81. The fourth-order valence-corrected chi connectivity index (χ4v) is 2.35. The van der Waals surface area contributed by atoms with Gasteiger partial charge in [0, 0.05) is 25.7 Å². The van der Waals surface area contributed by atoms with Gasteiger partial charge in [-0.05, 0) is 44.4 Å². The van der Waals surface area contributed by atoms with E-state index in [0.29, 0.717) is 0 Å². The maximum absolute atomic E-state index is 12.1. The van der Waals surface area contributed by atoms with Crippen LogP contribution in [0, 0.1) is 5.41 Å². The van der Waals surface area contributed by atoms with Crippen molar-refractivity contribution in [2.75, 3.05) is 19.7 Å². The number of allylic oxidation sites excluding steroid dienone is 1. The Bertz CT molecular complexity index is 297. The van der Waals surface area contributed by atoms with Crippen LogP contribution in [0.4, 0.5) is 4.79 Å². The van der Waals surface area contributed by atoms with E-state index in [9.17, 15) is 9.90 Å². The van der Waals surface area contributed by atoms with E-state index in [1.54, 1.807) is 0 Å². The van der Waals surface area contributed by atoms with Gasteiger partial charge in [0.25, 0.3) is 0 Å². The van der Waals surface area contributed by atoms with Gasteiger partial charge in [-0.25, -0.2) is 4.79 Å². The van der Waals surface area contributed by atoms with Gasteiger partial charge < -0.3 is 15.3 Å². The van der Waals surface area contributed by atoms with Crippen molar-refractivity contribution >= 4 is 6.03 Å². The molecule has 0 spiro atoms. The van der Waals surface area contributed by atoms with Gasteiger partial charge in [-0.15, -0.1) is 6.58 Å². The fourth-order valence-electron chi connectivity index (χ4n) is 2.35. The number of urea groups is 1. The summed E-state index contributed by atoms with van der Waals surface area (Å²) in [5.41, 5.74) is -0.00758. The number of piperidine rings is 1. The van der Waals surface area contributed by atoms with Crippen molar-refractivity contribution in [2.24, 2.45) is 5.41 Å². The topological polar surface area (TPSA) is 52.6 Å². The van der Waals surface area contributed by atoms with E-state index in [4.69, 9.17) is 0 Å². The molecule has 1 fully saturated rings. The fraction of sp³-hybridized carbons (Fsp3) is 0.800. The van der Waals surface area contributed by atoms with E-state index in [0.717, 1.165) is 45.2 Å². The van der Waals surface area contributed by atoms with Gasteiger partial charge in [0.15, 0.2) is 0 Å². The first-order valence-electron chi connectivity index (χ1n) is 7.28. The number of aliphatic hydroxyl groups is 1. The van der Waals surface area contributed by atoms with Crippen LogP contribution >= 0.6 is 0 Å². The molecule has 1 atom stereocenters. The minimum absolute atomic E-state index is 0.00758. The first kappa shape index (κ1) is 16.0. The van der Waals surface area contributed by atoms with E-state index >= 15 is 0 Å². The molecule has 2 amide bonds. The van der Waals surface area contributed by atoms with E-state index in [2.05, 4.69) is 18.8 Å². The van der Waals surface area contributed by atoms with Crippen molar-refractivity contribution in [1.29, 1.82) is 0 Å². The first-order chi connectivity index (χ1) is 9.00. The highest BCUT2D eigenvalue weighted by atomic mass is 16.3. The zero-order valence-corrected chi connectivity index (χ0v) is 12.3. The highest BCUT2D eigenvalue weighted by molar-refractivity contribution is 5.74. The molecule has 0 radical (unpaired) electrons. The normalized spacial score (nSPS) is 19.8. The van der Waals surface area contributed by atoms with Gasteiger partial charge in [-0.3, -0.25) is 0 Å². The molecule has 1 aliphatic rings. The van der Waals surface area contributed by atoms with Crippen molar-refractivity contribution in [3.05, 3.63) is 12.7 Å². The van der Waals surface area contributed by atoms with Crippen molar-refractivity contribution in [2.45, 2.75) is 52.0 Å². The summed E-state index contributed by atoms with van der Waals surface area (Å²) >= 11 is 0. The molecule has 4 nitrogen and oxygen atoms in total. The molecule has 19 heavy (non-hydrogen) atoms. The van der Waals surface area contributed by atoms with E-state index in [1.807, 2.05) is 17.9 Å². The summed E-state index contributed by atoms with van der Waals surface area (Å²) in [4.78, 5) is 13.9. The molecular weight excluding hydrogens is 240 g/mol. The molecule has 0 bridgehead atoms. The number of aliphatic hydroxyl groups excluding tert-OH is 1. The summed E-state index contributed by atoms with van der Waals surface area (Å²) in [7, 11) is 0. The molecular formula is C15H28N2O2. The molecule has 0 unspecified atom stereocenters. The van der Waals surface area contributed by atoms with Crippen LogP contribution in [-0.2, 0) is 0 Å². The number of amides is 2. The second-order valence-electron chi connectivity index (χ2n) is 6.03. The number of unbranched alkanes of at least 4 members (excludes halogenated alkanes) is 1. The Hall–Kier alpha value is -1.03. The standard InChI is InChI=1S/C15H28N2O2/c1-4-5-6-7-13(2)16-14(19)17-10-8-15(3,12-18)9-11-17/h4,13,18H,1,5-12H2,2-3H3,(H,16,19)/t13-/m0/s1. The number of rotatable bonds is 6. The molecule has 0 aromatic rings. The van der Waals surface area contributed by atoms with Gasteiger partial charge in [0.2, 0.25) is 0 Å². The maximum Gasteiger partial charge on any atom is 0.317 e. The summed E-state index contributed by atoms with van der Waals surface area (Å²) in [6, 6.07) is 0.240. The van der Waals surface area contributed by atoms with Crippen LogP contribution in [-0.4, -0.2) is 41.8 Å². The Morgan fingerprint density at radius 3 is 2.68 bits per heavy atom. The smallest absolute Gasteiger partial charge is 0.317 e. The molecule has 0 aromatic carbocycles. The Morgan fingerprint density at radius 1 is 1.53 bits per heavy atom. The Balaban J connectivity index is 2.29. The zero-order chi connectivity index (χ0) is 14.3. The molecule has 1 aliphatic heterocycles. The molecule has 2 N–H and O–H groups in total. The van der Waals surface area contributed by atoms with Crippen LogP contribution in [0.15, 0.2) is 12.7 Å². The largest absolute Gasteiger partial charge is 0.396 e. The van der Waals surface area contributed by atoms with E-state index < -0.39 is 0 Å². The maximum atomic E-state index is 12.1. The second-order valence-corrected chi connectivity index (χ2v) is 6.03. The highest BCUT2D eigenvalue weighted by Crippen LogP contribution is 2.29. The molecule has 0 aliphatic carbocycles. The Kier molecular flexibility index (Phi) is 6.35. The predicted octanol–water partition coefficient (Wildman–Crippen LogP) is 2.54. The first-order valence-corrected chi connectivity index (χ1v) is 7.28. The number of carbonyl (C=O) groups excluding carboxylic acids is 1. The lowest BCUT2D eigenvalue weighted by Gasteiger charge is -2.38. The van der Waals surface area contributed by atoms with Gasteiger partial charge in [-0.1, -0.05) is 13.0 Å². The summed E-state index contributed by atoms with van der Waals surface area (Å²) in [5.74, 6) is 0. The third-order valence-electron chi connectivity index (χ3n) is 4.05. The van der Waals surface area contributed by atoms with Crippen molar-refractivity contribution < 1.29 is 9.90 Å². The van der Waals surface area contributed by atoms with E-state index in [1.165, 1.54) is 0 Å². The van der Waals surface area contributed by atoms with Crippen LogP contribution in [0.25, 0.3) is 0 Å². The van der Waals surface area contributed by atoms with Gasteiger partial charge in [-0.2, -0.15) is 0 Å². The average molecular weight is 268 g/mol. The molecule has 0 saturated carbocycles. The van der Waals surface area contributed by atoms with Crippen LogP contribution in [0.1, 0.15) is 46.0 Å². The summed E-state index contributed by atoms with van der Waals surface area (Å²) in [6.45, 7) is 9.51. The van der Waals surface area contributed by atoms with Crippen molar-refractivity contribution in [1.82, 2.24) is 10.2 Å². The number of nitrogens with zero attached hydrogens (tertiary/aromatic N) is 1. The molecule has 1 heterocycles. The third-order valence-corrected chi connectivity index (χ3v) is 4.05. The SMILES string of the molecule is C=CCCC[C@H](C)NC(=O)N1CCC(C)(CO)CC1. The summed E-state index contributed by atoms with van der Waals surface area (Å²) in [5, 5.41) is 12.4. The van der Waals surface area contributed by atoms with Crippen LogP contribution < -0.4 is 5.32 Å². The second kappa shape index (κ2) is 7.53. The highest BCUT2D eigenvalue weighted by Gasteiger charge is 2.31. The summed E-state index contributed by atoms with van der Waals surface area (Å²) < 4.78 is 0. The number of hydrogen-bond donors (Lipinski definition) is 2. The quantitative estimate of drug-likeness (QED) is 0.574. The Morgan fingerprint density at radius 2 is 2.16 bits per heavy atom. The zero-order valence-electron chi connectivity index (χ0n) is 12.3. The van der Waals surface area contributed by atoms with Crippen LogP contribution in [0.5, 0.6) is 0 Å². The average Bonchev–Trinajstić information content (AvgIpc) is 2.39. The third kappa shape index (κ3) is 5.23. The Labute approximate surface area is 116 Å². The minimum atomic E-state index is -0.00758. The molecule has 4 heteroatoms. The molecule has 1 rings (SSSR count). The number of nitrogens with one attached hydrogen (secondary N) is 1. The number of carbonyl (C=O) groups is 1. The summed E-state index contributed by atoms with van der Waals surface area (Å²) in [6.07, 6.45) is 6.71. The van der Waals surface area contributed by atoms with Gasteiger partial charge in [0.05, 0.1) is 0 Å². The minimum Gasteiger partial charge on any atom is -0.396 e. The lowest BCUT2D eigenvalue weighted by Crippen LogP contribution is -2.49. The van der Waals surface area contributed by atoms with E-state index in [-0.39, 0.29) is 24.1 Å². The molecule has 0 aromatic heterocycles. The number of likely N-dealkylation sites (tertiary alicyclic amines) is 1. The lowest BCUT2D eigenvalue weighted by molar-refractivity contribution is 0.0695. The number of hydrogen-bond acceptors (Lipinski definition) is 2. The van der Waals surface area contributed by atoms with Gasteiger partial charge >= 0.3 is 6.03 Å². The molecule has 1 saturated heterocycles. The predicted molar refractivity (Wildman–Crippen MR) is 78.0 cm³/mol. The van der Waals surface area contributed by atoms with Crippen molar-refractivity contribution in [3.63, 3.8) is 0 Å².